The van der Waals surface area contributed by atoms with Gasteiger partial charge in [-0.05, 0) is 36.9 Å². The SMILES string of the molecule is CSc1cccc(NC(=O)CN2CCCN(Cc3ccccc3F)S2(=O)=O)c1. The fraction of sp³-hybridized carbons (Fsp3) is 0.316. The Morgan fingerprint density at radius 2 is 1.89 bits per heavy atom. The highest BCUT2D eigenvalue weighted by Crippen LogP contribution is 2.22. The molecule has 28 heavy (non-hydrogen) atoms. The molecule has 0 unspecified atom stereocenters. The van der Waals surface area contributed by atoms with Crippen molar-refractivity contribution in [3.63, 3.8) is 0 Å². The quantitative estimate of drug-likeness (QED) is 0.726. The average Bonchev–Trinajstić information content (AvgIpc) is 2.67. The van der Waals surface area contributed by atoms with Crippen LogP contribution in [0.3, 0.4) is 0 Å². The molecule has 2 aromatic carbocycles. The zero-order valence-electron chi connectivity index (χ0n) is 15.5. The Balaban J connectivity index is 1.68. The van der Waals surface area contributed by atoms with Crippen molar-refractivity contribution in [1.82, 2.24) is 8.61 Å². The molecule has 0 aromatic heterocycles. The summed E-state index contributed by atoms with van der Waals surface area (Å²) in [5.74, 6) is -0.851. The zero-order valence-corrected chi connectivity index (χ0v) is 17.1. The first-order valence-electron chi connectivity index (χ1n) is 8.82. The van der Waals surface area contributed by atoms with E-state index >= 15 is 0 Å². The number of carbonyl (C=O) groups excluding carboxylic acids is 1. The summed E-state index contributed by atoms with van der Waals surface area (Å²) in [5, 5.41) is 2.74. The van der Waals surface area contributed by atoms with E-state index < -0.39 is 21.9 Å². The maximum absolute atomic E-state index is 13.9. The van der Waals surface area contributed by atoms with Crippen LogP contribution in [0.15, 0.2) is 53.4 Å². The lowest BCUT2D eigenvalue weighted by Gasteiger charge is -2.34. The summed E-state index contributed by atoms with van der Waals surface area (Å²) >= 11 is 1.55. The van der Waals surface area contributed by atoms with Crippen molar-refractivity contribution in [3.8, 4) is 0 Å². The molecule has 0 aliphatic carbocycles. The summed E-state index contributed by atoms with van der Waals surface area (Å²) in [7, 11) is -3.84. The third kappa shape index (κ3) is 4.91. The molecule has 0 spiro atoms. The standard InChI is InChI=1S/C19H22FN3O3S2/c1-27-17-8-4-7-16(12-17)21-19(24)14-23-11-5-10-22(28(23,25)26)13-15-6-2-3-9-18(15)20/h2-4,6-9,12H,5,10-11,13-14H2,1H3,(H,21,24). The number of hydrogen-bond acceptors (Lipinski definition) is 4. The number of halogens is 1. The number of thioether (sulfide) groups is 1. The van der Waals surface area contributed by atoms with E-state index in [9.17, 15) is 17.6 Å². The summed E-state index contributed by atoms with van der Waals surface area (Å²) in [6.45, 7) is 0.224. The molecule has 1 aliphatic heterocycles. The van der Waals surface area contributed by atoms with Gasteiger partial charge in [0.05, 0.1) is 6.54 Å². The molecule has 1 fully saturated rings. The van der Waals surface area contributed by atoms with Gasteiger partial charge >= 0.3 is 0 Å². The lowest BCUT2D eigenvalue weighted by molar-refractivity contribution is -0.116. The largest absolute Gasteiger partial charge is 0.325 e. The number of nitrogens with one attached hydrogen (secondary N) is 1. The van der Waals surface area contributed by atoms with E-state index in [1.807, 2.05) is 24.5 Å². The van der Waals surface area contributed by atoms with Gasteiger partial charge < -0.3 is 5.32 Å². The summed E-state index contributed by atoms with van der Waals surface area (Å²) in [6.07, 6.45) is 2.51. The molecule has 2 aromatic rings. The van der Waals surface area contributed by atoms with Gasteiger partial charge in [-0.25, -0.2) is 4.39 Å². The third-order valence-corrected chi connectivity index (χ3v) is 7.10. The monoisotopic (exact) mass is 423 g/mol. The second kappa shape index (κ2) is 9.04. The molecule has 0 atom stereocenters. The van der Waals surface area contributed by atoms with Gasteiger partial charge in [0.15, 0.2) is 0 Å². The number of benzene rings is 2. The van der Waals surface area contributed by atoms with E-state index in [0.717, 1.165) is 9.20 Å². The van der Waals surface area contributed by atoms with Crippen LogP contribution < -0.4 is 5.32 Å². The Kier molecular flexibility index (Phi) is 6.71. The maximum Gasteiger partial charge on any atom is 0.282 e. The molecule has 150 valence electrons. The molecule has 6 nitrogen and oxygen atoms in total. The predicted molar refractivity (Wildman–Crippen MR) is 109 cm³/mol. The summed E-state index contributed by atoms with van der Waals surface area (Å²) in [6, 6.07) is 13.4. The van der Waals surface area contributed by atoms with E-state index in [4.69, 9.17) is 0 Å². The van der Waals surface area contributed by atoms with E-state index in [1.54, 1.807) is 36.0 Å². The van der Waals surface area contributed by atoms with Crippen molar-refractivity contribution in [1.29, 1.82) is 0 Å². The first-order chi connectivity index (χ1) is 13.4. The number of carbonyl (C=O) groups is 1. The second-order valence-electron chi connectivity index (χ2n) is 6.40. The first-order valence-corrected chi connectivity index (χ1v) is 11.4. The van der Waals surface area contributed by atoms with Crippen LogP contribution >= 0.6 is 11.8 Å². The van der Waals surface area contributed by atoms with Crippen molar-refractivity contribution in [2.45, 2.75) is 17.9 Å². The molecular formula is C19H22FN3O3S2. The minimum Gasteiger partial charge on any atom is -0.325 e. The van der Waals surface area contributed by atoms with Crippen molar-refractivity contribution in [2.75, 3.05) is 31.2 Å². The van der Waals surface area contributed by atoms with Crippen LogP contribution in [0.4, 0.5) is 10.1 Å². The van der Waals surface area contributed by atoms with Crippen LogP contribution in [0.25, 0.3) is 0 Å². The van der Waals surface area contributed by atoms with E-state index in [0.29, 0.717) is 24.2 Å². The Bertz CT molecular complexity index is 953. The smallest absolute Gasteiger partial charge is 0.282 e. The van der Waals surface area contributed by atoms with Gasteiger partial charge in [0.1, 0.15) is 5.82 Å². The molecule has 1 N–H and O–H groups in total. The average molecular weight is 424 g/mol. The Hall–Kier alpha value is -1.94. The summed E-state index contributed by atoms with van der Waals surface area (Å²) in [5.41, 5.74) is 0.931. The number of amides is 1. The second-order valence-corrected chi connectivity index (χ2v) is 9.21. The number of anilines is 1. The van der Waals surface area contributed by atoms with E-state index in [-0.39, 0.29) is 19.6 Å². The van der Waals surface area contributed by atoms with E-state index in [1.165, 1.54) is 10.4 Å². The molecule has 0 radical (unpaired) electrons. The molecular weight excluding hydrogens is 401 g/mol. The van der Waals surface area contributed by atoms with Crippen molar-refractivity contribution >= 4 is 33.6 Å². The van der Waals surface area contributed by atoms with Gasteiger partial charge in [-0.2, -0.15) is 17.0 Å². The zero-order chi connectivity index (χ0) is 20.1. The lowest BCUT2D eigenvalue weighted by Crippen LogP contribution is -2.51. The maximum atomic E-state index is 13.9. The fourth-order valence-corrected chi connectivity index (χ4v) is 5.11. The van der Waals surface area contributed by atoms with E-state index in [2.05, 4.69) is 5.32 Å². The van der Waals surface area contributed by atoms with Gasteiger partial charge in [0.25, 0.3) is 10.2 Å². The Labute approximate surface area is 168 Å². The number of rotatable bonds is 6. The van der Waals surface area contributed by atoms with Crippen LogP contribution in [-0.4, -0.2) is 48.8 Å². The van der Waals surface area contributed by atoms with Gasteiger partial charge in [0, 0.05) is 35.8 Å². The van der Waals surface area contributed by atoms with Crippen molar-refractivity contribution in [3.05, 3.63) is 59.9 Å². The lowest BCUT2D eigenvalue weighted by atomic mass is 10.2. The summed E-state index contributed by atoms with van der Waals surface area (Å²) < 4.78 is 42.0. The van der Waals surface area contributed by atoms with Crippen LogP contribution in [0.5, 0.6) is 0 Å². The van der Waals surface area contributed by atoms with Crippen molar-refractivity contribution in [2.24, 2.45) is 0 Å². The molecule has 1 aliphatic rings. The highest BCUT2D eigenvalue weighted by molar-refractivity contribution is 7.98. The topological polar surface area (TPSA) is 69.7 Å². The molecule has 1 heterocycles. The van der Waals surface area contributed by atoms with Gasteiger partial charge in [-0.15, -0.1) is 11.8 Å². The molecule has 0 bridgehead atoms. The summed E-state index contributed by atoms with van der Waals surface area (Å²) in [4.78, 5) is 13.4. The molecule has 1 amide bonds. The Morgan fingerprint density at radius 1 is 1.14 bits per heavy atom. The van der Waals surface area contributed by atoms with Crippen LogP contribution in [0, 0.1) is 5.82 Å². The van der Waals surface area contributed by atoms with Gasteiger partial charge in [0.2, 0.25) is 5.91 Å². The minimum absolute atomic E-state index is 0.0527. The third-order valence-electron chi connectivity index (χ3n) is 4.45. The first kappa shape index (κ1) is 20.8. The Morgan fingerprint density at radius 3 is 2.64 bits per heavy atom. The molecule has 1 saturated heterocycles. The number of nitrogens with zero attached hydrogens (tertiary/aromatic N) is 2. The van der Waals surface area contributed by atoms with Crippen LogP contribution in [-0.2, 0) is 21.5 Å². The number of hydrogen-bond donors (Lipinski definition) is 1. The van der Waals surface area contributed by atoms with Crippen LogP contribution in [0.1, 0.15) is 12.0 Å². The highest BCUT2D eigenvalue weighted by atomic mass is 32.2. The van der Waals surface area contributed by atoms with Gasteiger partial charge in [-0.3, -0.25) is 4.79 Å². The molecule has 3 rings (SSSR count). The highest BCUT2D eigenvalue weighted by Gasteiger charge is 2.35. The normalized spacial score (nSPS) is 17.4. The predicted octanol–water partition coefficient (Wildman–Crippen LogP) is 2.94. The van der Waals surface area contributed by atoms with Crippen LogP contribution in [0.2, 0.25) is 0 Å². The fourth-order valence-electron chi connectivity index (χ4n) is 3.02. The molecule has 9 heteroatoms. The van der Waals surface area contributed by atoms with Crippen molar-refractivity contribution < 1.29 is 17.6 Å². The minimum atomic E-state index is -3.84. The van der Waals surface area contributed by atoms with Gasteiger partial charge in [-0.1, -0.05) is 24.3 Å². The molecule has 0 saturated carbocycles.